The van der Waals surface area contributed by atoms with Gasteiger partial charge in [0.15, 0.2) is 0 Å². The number of ether oxygens (including phenoxy) is 1. The van der Waals surface area contributed by atoms with Crippen molar-refractivity contribution in [2.24, 2.45) is 5.73 Å². The van der Waals surface area contributed by atoms with E-state index in [0.717, 1.165) is 26.1 Å². The molecule has 0 saturated carbocycles. The molecule has 1 aliphatic heterocycles. The Morgan fingerprint density at radius 1 is 1.41 bits per heavy atom. The van der Waals surface area contributed by atoms with Crippen LogP contribution in [0.25, 0.3) is 0 Å². The van der Waals surface area contributed by atoms with Gasteiger partial charge in [-0.15, -0.1) is 0 Å². The third-order valence-electron chi connectivity index (χ3n) is 3.52. The second-order valence-corrected chi connectivity index (χ2v) is 5.10. The van der Waals surface area contributed by atoms with Gasteiger partial charge in [-0.1, -0.05) is 0 Å². The largest absolute Gasteiger partial charge is 0.390 e. The standard InChI is InChI=1S/C15H27N5O2/c1-2-22-11-3-5-18-13-14(12-17)15(21)20-9-7-19(6-4-16)8-10-20/h13,18H,2-11,16H2,1H3/b14-13-. The normalized spacial score (nSPS) is 16.4. The minimum absolute atomic E-state index is 0.156. The second-order valence-electron chi connectivity index (χ2n) is 5.10. The highest BCUT2D eigenvalue weighted by molar-refractivity contribution is 5.97. The predicted molar refractivity (Wildman–Crippen MR) is 84.9 cm³/mol. The van der Waals surface area contributed by atoms with Crippen molar-refractivity contribution in [2.75, 3.05) is 59.0 Å². The summed E-state index contributed by atoms with van der Waals surface area (Å²) in [6.07, 6.45) is 2.36. The fourth-order valence-electron chi connectivity index (χ4n) is 2.26. The molecule has 1 saturated heterocycles. The highest BCUT2D eigenvalue weighted by atomic mass is 16.5. The number of rotatable bonds is 9. The van der Waals surface area contributed by atoms with Gasteiger partial charge in [-0.25, -0.2) is 0 Å². The summed E-state index contributed by atoms with van der Waals surface area (Å²) in [4.78, 5) is 16.2. The van der Waals surface area contributed by atoms with Crippen LogP contribution in [0.3, 0.4) is 0 Å². The van der Waals surface area contributed by atoms with Crippen molar-refractivity contribution in [3.05, 3.63) is 11.8 Å². The molecule has 1 fully saturated rings. The maximum atomic E-state index is 12.3. The van der Waals surface area contributed by atoms with Crippen LogP contribution < -0.4 is 11.1 Å². The van der Waals surface area contributed by atoms with Gasteiger partial charge in [0.25, 0.3) is 5.91 Å². The van der Waals surface area contributed by atoms with E-state index in [-0.39, 0.29) is 11.5 Å². The molecular formula is C15H27N5O2. The molecule has 0 spiro atoms. The van der Waals surface area contributed by atoms with Crippen molar-refractivity contribution in [3.8, 4) is 6.07 Å². The first-order valence-corrected chi connectivity index (χ1v) is 7.86. The summed E-state index contributed by atoms with van der Waals surface area (Å²) in [5.74, 6) is -0.202. The lowest BCUT2D eigenvalue weighted by Gasteiger charge is -2.34. The Labute approximate surface area is 132 Å². The van der Waals surface area contributed by atoms with Gasteiger partial charge in [0.1, 0.15) is 11.6 Å². The molecule has 0 unspecified atom stereocenters. The Hall–Kier alpha value is -1.62. The molecule has 7 heteroatoms. The van der Waals surface area contributed by atoms with Gasteiger partial charge in [0.05, 0.1) is 0 Å². The molecule has 0 aromatic carbocycles. The number of nitriles is 1. The van der Waals surface area contributed by atoms with Crippen LogP contribution in [-0.4, -0.2) is 74.7 Å². The Balaban J connectivity index is 2.36. The van der Waals surface area contributed by atoms with Gasteiger partial charge in [-0.3, -0.25) is 9.69 Å². The molecule has 1 aliphatic rings. The van der Waals surface area contributed by atoms with Crippen molar-refractivity contribution in [2.45, 2.75) is 13.3 Å². The van der Waals surface area contributed by atoms with Crippen LogP contribution >= 0.6 is 0 Å². The molecule has 0 atom stereocenters. The van der Waals surface area contributed by atoms with Crippen LogP contribution in [0.1, 0.15) is 13.3 Å². The van der Waals surface area contributed by atoms with Crippen molar-refractivity contribution in [3.63, 3.8) is 0 Å². The van der Waals surface area contributed by atoms with E-state index in [1.54, 1.807) is 4.90 Å². The maximum absolute atomic E-state index is 12.3. The molecule has 3 N–H and O–H groups in total. The van der Waals surface area contributed by atoms with Crippen LogP contribution in [0.2, 0.25) is 0 Å². The molecule has 0 aliphatic carbocycles. The topological polar surface area (TPSA) is 94.6 Å². The average Bonchev–Trinajstić information content (AvgIpc) is 2.55. The molecule has 7 nitrogen and oxygen atoms in total. The quantitative estimate of drug-likeness (QED) is 0.339. The number of nitrogens with two attached hydrogens (primary N) is 1. The third kappa shape index (κ3) is 6.43. The molecule has 1 amide bonds. The van der Waals surface area contributed by atoms with Crippen molar-refractivity contribution < 1.29 is 9.53 Å². The first kappa shape index (κ1) is 18.4. The van der Waals surface area contributed by atoms with Gasteiger partial charge in [-0.05, 0) is 13.3 Å². The molecule has 124 valence electrons. The highest BCUT2D eigenvalue weighted by Gasteiger charge is 2.23. The first-order chi connectivity index (χ1) is 10.7. The van der Waals surface area contributed by atoms with Crippen molar-refractivity contribution in [1.29, 1.82) is 5.26 Å². The van der Waals surface area contributed by atoms with Crippen LogP contribution in [0.15, 0.2) is 11.8 Å². The molecule has 0 bridgehead atoms. The van der Waals surface area contributed by atoms with E-state index in [9.17, 15) is 4.79 Å². The molecule has 0 aromatic heterocycles. The maximum Gasteiger partial charge on any atom is 0.266 e. The molecular weight excluding hydrogens is 282 g/mol. The van der Waals surface area contributed by atoms with E-state index < -0.39 is 0 Å². The lowest BCUT2D eigenvalue weighted by Crippen LogP contribution is -2.50. The minimum atomic E-state index is -0.202. The Kier molecular flexibility index (Phi) is 9.23. The Morgan fingerprint density at radius 2 is 2.14 bits per heavy atom. The minimum Gasteiger partial charge on any atom is -0.390 e. The first-order valence-electron chi connectivity index (χ1n) is 7.86. The zero-order valence-electron chi connectivity index (χ0n) is 13.4. The number of carbonyl (C=O) groups is 1. The average molecular weight is 309 g/mol. The molecule has 1 rings (SSSR count). The number of amides is 1. The number of carbonyl (C=O) groups excluding carboxylic acids is 1. The smallest absolute Gasteiger partial charge is 0.266 e. The van der Waals surface area contributed by atoms with Crippen LogP contribution in [0.5, 0.6) is 0 Å². The summed E-state index contributed by atoms with van der Waals surface area (Å²) < 4.78 is 5.22. The van der Waals surface area contributed by atoms with Crippen LogP contribution in [0, 0.1) is 11.3 Å². The van der Waals surface area contributed by atoms with E-state index in [0.29, 0.717) is 39.4 Å². The van der Waals surface area contributed by atoms with Gasteiger partial charge in [0, 0.05) is 65.2 Å². The molecule has 1 heterocycles. The van der Waals surface area contributed by atoms with Gasteiger partial charge >= 0.3 is 0 Å². The molecule has 22 heavy (non-hydrogen) atoms. The molecule has 0 aromatic rings. The van der Waals surface area contributed by atoms with E-state index in [2.05, 4.69) is 10.2 Å². The summed E-state index contributed by atoms with van der Waals surface area (Å²) in [5, 5.41) is 12.2. The number of nitrogens with one attached hydrogen (secondary N) is 1. The van der Waals surface area contributed by atoms with Crippen molar-refractivity contribution >= 4 is 5.91 Å². The van der Waals surface area contributed by atoms with Crippen LogP contribution in [-0.2, 0) is 9.53 Å². The summed E-state index contributed by atoms with van der Waals surface area (Å²) in [6, 6.07) is 1.98. The Bertz CT molecular complexity index is 397. The number of hydrogen-bond donors (Lipinski definition) is 2. The van der Waals surface area contributed by atoms with Gasteiger partial charge < -0.3 is 20.7 Å². The summed E-state index contributed by atoms with van der Waals surface area (Å²) >= 11 is 0. The SMILES string of the molecule is CCOCCCN/C=C(/C#N)C(=O)N1CCN(CCN)CC1. The lowest BCUT2D eigenvalue weighted by atomic mass is 10.2. The van der Waals surface area contributed by atoms with Gasteiger partial charge in [-0.2, -0.15) is 5.26 Å². The molecule has 0 radical (unpaired) electrons. The fourth-order valence-corrected chi connectivity index (χ4v) is 2.26. The zero-order chi connectivity index (χ0) is 16.2. The van der Waals surface area contributed by atoms with E-state index in [1.165, 1.54) is 6.20 Å². The predicted octanol–water partition coefficient (Wildman–Crippen LogP) is -0.487. The Morgan fingerprint density at radius 3 is 2.73 bits per heavy atom. The highest BCUT2D eigenvalue weighted by Crippen LogP contribution is 2.06. The summed E-state index contributed by atoms with van der Waals surface area (Å²) in [6.45, 7) is 8.39. The van der Waals surface area contributed by atoms with E-state index in [4.69, 9.17) is 15.7 Å². The summed E-state index contributed by atoms with van der Waals surface area (Å²) in [5.41, 5.74) is 5.69. The fraction of sp³-hybridized carbons (Fsp3) is 0.733. The van der Waals surface area contributed by atoms with E-state index >= 15 is 0 Å². The third-order valence-corrected chi connectivity index (χ3v) is 3.52. The second kappa shape index (κ2) is 11.0. The van der Waals surface area contributed by atoms with E-state index in [1.807, 2.05) is 13.0 Å². The number of hydrogen-bond acceptors (Lipinski definition) is 6. The van der Waals surface area contributed by atoms with Crippen molar-refractivity contribution in [1.82, 2.24) is 15.1 Å². The summed E-state index contributed by atoms with van der Waals surface area (Å²) in [7, 11) is 0. The lowest BCUT2D eigenvalue weighted by molar-refractivity contribution is -0.128. The van der Waals surface area contributed by atoms with Crippen LogP contribution in [0.4, 0.5) is 0 Å². The number of piperazine rings is 1. The van der Waals surface area contributed by atoms with Gasteiger partial charge in [0.2, 0.25) is 0 Å². The number of nitrogens with zero attached hydrogens (tertiary/aromatic N) is 3. The monoisotopic (exact) mass is 309 g/mol. The zero-order valence-corrected chi connectivity index (χ0v) is 13.4.